The summed E-state index contributed by atoms with van der Waals surface area (Å²) in [5.74, 6) is 0.283. The number of aromatic nitrogens is 4. The van der Waals surface area contributed by atoms with Gasteiger partial charge in [0.1, 0.15) is 11.3 Å². The van der Waals surface area contributed by atoms with Gasteiger partial charge in [-0.25, -0.2) is 9.37 Å². The summed E-state index contributed by atoms with van der Waals surface area (Å²) in [6, 6.07) is 5.56. The molecule has 0 radical (unpaired) electrons. The van der Waals surface area contributed by atoms with Crippen LogP contribution in [-0.2, 0) is 4.79 Å². The van der Waals surface area contributed by atoms with Crippen LogP contribution < -0.4 is 15.5 Å². The predicted octanol–water partition coefficient (Wildman–Crippen LogP) is 3.74. The molecule has 11 heteroatoms. The van der Waals surface area contributed by atoms with Crippen molar-refractivity contribution in [3.05, 3.63) is 53.5 Å². The van der Waals surface area contributed by atoms with Gasteiger partial charge < -0.3 is 20.4 Å². The molecule has 1 saturated heterocycles. The molecule has 192 valence electrons. The molecule has 2 aromatic carbocycles. The quantitative estimate of drug-likeness (QED) is 0.251. The zero-order chi connectivity index (χ0) is 26.1. The van der Waals surface area contributed by atoms with E-state index >= 15 is 4.39 Å². The first-order chi connectivity index (χ1) is 17.9. The minimum Gasteiger partial charge on any atom is -0.353 e. The summed E-state index contributed by atoms with van der Waals surface area (Å²) in [5, 5.41) is 14.9. The number of nitrogens with one attached hydrogen (secondary N) is 3. The van der Waals surface area contributed by atoms with Crippen LogP contribution in [0.25, 0.3) is 32.9 Å². The molecular weight excluding hydrogens is 495 g/mol. The Hall–Kier alpha value is -3.76. The predicted molar refractivity (Wildman–Crippen MR) is 146 cm³/mol. The van der Waals surface area contributed by atoms with Gasteiger partial charge in [-0.15, -0.1) is 0 Å². The topological polar surface area (TPSA) is 102 Å². The lowest BCUT2D eigenvalue weighted by molar-refractivity contribution is -0.126. The van der Waals surface area contributed by atoms with Gasteiger partial charge in [-0.3, -0.25) is 9.89 Å². The number of aryl methyl sites for hydroxylation is 1. The molecule has 0 atom stereocenters. The summed E-state index contributed by atoms with van der Waals surface area (Å²) in [6.07, 6.45) is 3.00. The molecule has 0 unspecified atom stereocenters. The van der Waals surface area contributed by atoms with Gasteiger partial charge in [0.25, 0.3) is 0 Å². The lowest BCUT2D eigenvalue weighted by Gasteiger charge is -2.35. The Morgan fingerprint density at radius 3 is 2.70 bits per heavy atom. The van der Waals surface area contributed by atoms with Gasteiger partial charge in [0, 0.05) is 61.2 Å². The summed E-state index contributed by atoms with van der Waals surface area (Å²) in [7, 11) is 1.85. The fraction of sp³-hybridized carbons (Fsp3) is 0.308. The van der Waals surface area contributed by atoms with E-state index in [1.165, 1.54) is 6.08 Å². The Kier molecular flexibility index (Phi) is 6.94. The van der Waals surface area contributed by atoms with E-state index in [1.54, 1.807) is 17.2 Å². The maximum atomic E-state index is 16.4. The van der Waals surface area contributed by atoms with Crippen LogP contribution in [0.1, 0.15) is 5.56 Å². The first kappa shape index (κ1) is 24.9. The van der Waals surface area contributed by atoms with E-state index in [9.17, 15) is 4.79 Å². The molecule has 1 aliphatic rings. The van der Waals surface area contributed by atoms with Gasteiger partial charge in [-0.1, -0.05) is 24.2 Å². The fourth-order valence-electron chi connectivity index (χ4n) is 4.75. The molecule has 1 amide bonds. The smallest absolute Gasteiger partial charge is 0.246 e. The molecule has 0 spiro atoms. The standard InChI is InChI=1S/C26H28ClFN8O/c1-4-20(37)35-9-11-36(12-10-35)25-16-13-18(27)22(21-15(2)5-6-19-17(21)14-31-34-19)23(28)24(16)32-26(33-25)30-8-7-29-3/h4-6,13-14,29H,1,7-12H2,2-3H3,(H,31,34)(H,30,32,33). The van der Waals surface area contributed by atoms with Crippen molar-refractivity contribution < 1.29 is 9.18 Å². The van der Waals surface area contributed by atoms with Crippen LogP contribution >= 0.6 is 11.6 Å². The Morgan fingerprint density at radius 1 is 1.19 bits per heavy atom. The monoisotopic (exact) mass is 522 g/mol. The third kappa shape index (κ3) is 4.58. The highest BCUT2D eigenvalue weighted by Crippen LogP contribution is 2.42. The van der Waals surface area contributed by atoms with Gasteiger partial charge in [0.2, 0.25) is 11.9 Å². The number of carbonyl (C=O) groups excluding carboxylic acids is 1. The lowest BCUT2D eigenvalue weighted by atomic mass is 9.95. The largest absolute Gasteiger partial charge is 0.353 e. The molecule has 0 aliphatic carbocycles. The van der Waals surface area contributed by atoms with E-state index in [1.807, 2.05) is 31.0 Å². The molecule has 1 fully saturated rings. The van der Waals surface area contributed by atoms with Crippen LogP contribution in [0.5, 0.6) is 0 Å². The summed E-state index contributed by atoms with van der Waals surface area (Å²) < 4.78 is 16.4. The van der Waals surface area contributed by atoms with Crippen molar-refractivity contribution in [2.75, 3.05) is 56.5 Å². The minimum atomic E-state index is -0.514. The number of piperazine rings is 1. The Balaban J connectivity index is 1.66. The number of anilines is 2. The molecule has 0 saturated carbocycles. The molecule has 3 heterocycles. The number of halogens is 2. The number of likely N-dealkylation sites (N-methyl/N-ethyl adjacent to an activating group) is 1. The van der Waals surface area contributed by atoms with E-state index in [2.05, 4.69) is 32.4 Å². The third-order valence-corrected chi connectivity index (χ3v) is 6.97. The van der Waals surface area contributed by atoms with Crippen molar-refractivity contribution in [2.45, 2.75) is 6.92 Å². The number of hydrogen-bond acceptors (Lipinski definition) is 7. The zero-order valence-corrected chi connectivity index (χ0v) is 21.5. The van der Waals surface area contributed by atoms with Crippen LogP contribution in [0.15, 0.2) is 37.1 Å². The Morgan fingerprint density at radius 2 is 1.97 bits per heavy atom. The second-order valence-corrected chi connectivity index (χ2v) is 9.36. The highest BCUT2D eigenvalue weighted by atomic mass is 35.5. The maximum absolute atomic E-state index is 16.4. The zero-order valence-electron chi connectivity index (χ0n) is 20.7. The number of carbonyl (C=O) groups is 1. The number of aromatic amines is 1. The van der Waals surface area contributed by atoms with Crippen LogP contribution in [0.4, 0.5) is 16.2 Å². The van der Waals surface area contributed by atoms with Gasteiger partial charge >= 0.3 is 0 Å². The van der Waals surface area contributed by atoms with Crippen LogP contribution in [0.3, 0.4) is 0 Å². The molecular formula is C26H28ClFN8O. The Bertz CT molecular complexity index is 1500. The summed E-state index contributed by atoms with van der Waals surface area (Å²) >= 11 is 6.79. The van der Waals surface area contributed by atoms with E-state index < -0.39 is 5.82 Å². The number of H-pyrrole nitrogens is 1. The van der Waals surface area contributed by atoms with E-state index in [0.717, 1.165) is 16.5 Å². The van der Waals surface area contributed by atoms with Gasteiger partial charge in [-0.2, -0.15) is 10.1 Å². The second-order valence-electron chi connectivity index (χ2n) is 8.95. The van der Waals surface area contributed by atoms with Gasteiger partial charge in [-0.05, 0) is 37.7 Å². The van der Waals surface area contributed by atoms with Crippen molar-refractivity contribution in [1.82, 2.24) is 30.4 Å². The highest BCUT2D eigenvalue weighted by Gasteiger charge is 2.26. The van der Waals surface area contributed by atoms with E-state index in [4.69, 9.17) is 16.6 Å². The third-order valence-electron chi connectivity index (χ3n) is 6.67. The van der Waals surface area contributed by atoms with Crippen molar-refractivity contribution >= 4 is 51.1 Å². The SMILES string of the molecule is C=CC(=O)N1CCN(c2nc(NCCNC)nc3c(F)c(-c4c(C)ccc5[nH]ncc45)c(Cl)cc23)CC1. The van der Waals surface area contributed by atoms with Crippen LogP contribution in [0.2, 0.25) is 5.02 Å². The fourth-order valence-corrected chi connectivity index (χ4v) is 5.04. The Labute approximate surface area is 218 Å². The van der Waals surface area contributed by atoms with E-state index in [-0.39, 0.29) is 22.0 Å². The number of hydrogen-bond donors (Lipinski definition) is 3. The number of amides is 1. The van der Waals surface area contributed by atoms with Crippen LogP contribution in [-0.4, -0.2) is 77.3 Å². The van der Waals surface area contributed by atoms with Crippen molar-refractivity contribution in [3.8, 4) is 11.1 Å². The molecule has 37 heavy (non-hydrogen) atoms. The average Bonchev–Trinajstić information content (AvgIpc) is 3.39. The van der Waals surface area contributed by atoms with E-state index in [0.29, 0.717) is 62.0 Å². The van der Waals surface area contributed by atoms with Crippen molar-refractivity contribution in [2.24, 2.45) is 0 Å². The summed E-state index contributed by atoms with van der Waals surface area (Å²) in [6.45, 7) is 8.84. The van der Waals surface area contributed by atoms with Gasteiger partial charge in [0.05, 0.1) is 16.7 Å². The molecule has 3 N–H and O–H groups in total. The number of nitrogens with zero attached hydrogens (tertiary/aromatic N) is 5. The number of rotatable bonds is 7. The molecule has 9 nitrogen and oxygen atoms in total. The highest BCUT2D eigenvalue weighted by molar-refractivity contribution is 6.35. The number of fused-ring (bicyclic) bond motifs is 2. The van der Waals surface area contributed by atoms with Crippen molar-refractivity contribution in [3.63, 3.8) is 0 Å². The second kappa shape index (κ2) is 10.3. The lowest BCUT2D eigenvalue weighted by Crippen LogP contribution is -2.48. The normalized spacial score (nSPS) is 13.9. The minimum absolute atomic E-state index is 0.107. The van der Waals surface area contributed by atoms with Crippen molar-refractivity contribution in [1.29, 1.82) is 0 Å². The first-order valence-corrected chi connectivity index (χ1v) is 12.5. The summed E-state index contributed by atoms with van der Waals surface area (Å²) in [5.41, 5.74) is 2.81. The summed E-state index contributed by atoms with van der Waals surface area (Å²) in [4.78, 5) is 25.1. The average molecular weight is 523 g/mol. The molecule has 5 rings (SSSR count). The maximum Gasteiger partial charge on any atom is 0.246 e. The number of benzene rings is 2. The van der Waals surface area contributed by atoms with Crippen LogP contribution in [0, 0.1) is 12.7 Å². The molecule has 2 aromatic heterocycles. The first-order valence-electron chi connectivity index (χ1n) is 12.1. The molecule has 0 bridgehead atoms. The molecule has 1 aliphatic heterocycles. The molecule has 4 aromatic rings. The van der Waals surface area contributed by atoms with Gasteiger partial charge in [0.15, 0.2) is 5.82 Å².